The Hall–Kier alpha value is -3.43. The van der Waals surface area contributed by atoms with E-state index in [1.807, 2.05) is 4.90 Å². The molecule has 0 unspecified atom stereocenters. The van der Waals surface area contributed by atoms with Crippen molar-refractivity contribution < 1.29 is 36.2 Å². The molecule has 0 radical (unpaired) electrons. The lowest BCUT2D eigenvalue weighted by atomic mass is 9.95. The number of rotatable bonds is 6. The summed E-state index contributed by atoms with van der Waals surface area (Å²) < 4.78 is 95.5. The Kier molecular flexibility index (Phi) is 7.05. The molecule has 44 heavy (non-hydrogen) atoms. The second-order valence-corrected chi connectivity index (χ2v) is 12.8. The van der Waals surface area contributed by atoms with E-state index in [9.17, 15) is 27.1 Å². The standard InChI is InChI=1S/C29H28F6N6O2S/c30-15-9-28(5-1-6-41(28)11-15)13-43-27-38-22-17(25(39-27)40-7-4-14(10-40)12-42)8-18(29(33,34)35)20(21(22)32)16-2-3-19(31)24-23(16)37-26(36)44-24/h2-3,8,14-15,42H,1,4-7,9-13H2,(H2,36,37)/t14-,15+,28-/m0/s1. The van der Waals surface area contributed by atoms with Gasteiger partial charge in [-0.2, -0.15) is 23.1 Å². The second kappa shape index (κ2) is 10.6. The molecule has 3 aliphatic heterocycles. The summed E-state index contributed by atoms with van der Waals surface area (Å²) in [6.07, 6.45) is -3.65. The van der Waals surface area contributed by atoms with Gasteiger partial charge >= 0.3 is 12.2 Å². The number of fused-ring (bicyclic) bond motifs is 3. The topological polar surface area (TPSA) is 101 Å². The van der Waals surface area contributed by atoms with Gasteiger partial charge in [0.2, 0.25) is 0 Å². The molecule has 234 valence electrons. The number of nitrogen functional groups attached to an aromatic ring is 1. The van der Waals surface area contributed by atoms with Gasteiger partial charge in [0, 0.05) is 55.1 Å². The van der Waals surface area contributed by atoms with E-state index in [0.717, 1.165) is 42.5 Å². The van der Waals surface area contributed by atoms with Gasteiger partial charge in [0.25, 0.3) is 0 Å². The molecule has 15 heteroatoms. The van der Waals surface area contributed by atoms with Gasteiger partial charge in [-0.25, -0.2) is 18.2 Å². The molecule has 3 fully saturated rings. The maximum Gasteiger partial charge on any atom is 0.417 e. The third-order valence-corrected chi connectivity index (χ3v) is 9.94. The van der Waals surface area contributed by atoms with Gasteiger partial charge in [-0.15, -0.1) is 0 Å². The summed E-state index contributed by atoms with van der Waals surface area (Å²) in [5.41, 5.74) is 2.13. The molecule has 2 aromatic carbocycles. The normalized spacial score (nSPS) is 24.2. The maximum absolute atomic E-state index is 16.7. The van der Waals surface area contributed by atoms with Crippen molar-refractivity contribution in [1.82, 2.24) is 19.9 Å². The number of halogens is 6. The number of hydrogen-bond donors (Lipinski definition) is 2. The van der Waals surface area contributed by atoms with Crippen LogP contribution in [0.3, 0.4) is 0 Å². The smallest absolute Gasteiger partial charge is 0.417 e. The number of benzene rings is 2. The first-order valence-corrected chi connectivity index (χ1v) is 15.1. The minimum atomic E-state index is -5.02. The van der Waals surface area contributed by atoms with E-state index in [2.05, 4.69) is 15.0 Å². The number of hydrogen-bond acceptors (Lipinski definition) is 9. The van der Waals surface area contributed by atoms with Crippen molar-refractivity contribution in [3.05, 3.63) is 35.4 Å². The molecule has 0 saturated carbocycles. The van der Waals surface area contributed by atoms with Gasteiger partial charge in [0.1, 0.15) is 29.9 Å². The average molecular weight is 639 g/mol. The third-order valence-electron chi connectivity index (χ3n) is 9.05. The molecule has 0 amide bonds. The zero-order chi connectivity index (χ0) is 31.0. The molecule has 3 saturated heterocycles. The van der Waals surface area contributed by atoms with Crippen molar-refractivity contribution in [2.45, 2.75) is 43.6 Å². The average Bonchev–Trinajstić information content (AvgIpc) is 3.75. The van der Waals surface area contributed by atoms with Crippen LogP contribution in [-0.4, -0.2) is 76.1 Å². The van der Waals surface area contributed by atoms with Gasteiger partial charge < -0.3 is 20.5 Å². The molecule has 8 nitrogen and oxygen atoms in total. The predicted molar refractivity (Wildman–Crippen MR) is 153 cm³/mol. The second-order valence-electron chi connectivity index (χ2n) is 11.8. The van der Waals surface area contributed by atoms with Gasteiger partial charge in [-0.05, 0) is 44.0 Å². The van der Waals surface area contributed by atoms with E-state index in [0.29, 0.717) is 19.4 Å². The van der Waals surface area contributed by atoms with Crippen LogP contribution in [0.25, 0.3) is 32.2 Å². The fourth-order valence-corrected chi connectivity index (χ4v) is 7.76. The fraction of sp³-hybridized carbons (Fsp3) is 0.483. The number of anilines is 2. The van der Waals surface area contributed by atoms with Crippen LogP contribution in [0.1, 0.15) is 31.2 Å². The van der Waals surface area contributed by atoms with Crippen LogP contribution < -0.4 is 15.4 Å². The van der Waals surface area contributed by atoms with E-state index in [1.165, 1.54) is 0 Å². The summed E-state index contributed by atoms with van der Waals surface area (Å²) in [6, 6.07) is 2.54. The van der Waals surface area contributed by atoms with Crippen molar-refractivity contribution in [3.8, 4) is 17.1 Å². The number of ether oxygens (including phenoxy) is 1. The van der Waals surface area contributed by atoms with Gasteiger partial charge in [0.15, 0.2) is 10.9 Å². The van der Waals surface area contributed by atoms with Crippen LogP contribution in [0.5, 0.6) is 6.01 Å². The lowest BCUT2D eigenvalue weighted by molar-refractivity contribution is -0.137. The molecule has 3 atom stereocenters. The number of thiazole rings is 1. The fourth-order valence-electron chi connectivity index (χ4n) is 7.00. The van der Waals surface area contributed by atoms with E-state index in [-0.39, 0.29) is 76.8 Å². The largest absolute Gasteiger partial charge is 0.461 e. The summed E-state index contributed by atoms with van der Waals surface area (Å²) in [4.78, 5) is 16.5. The number of nitrogens with zero attached hydrogens (tertiary/aromatic N) is 5. The predicted octanol–water partition coefficient (Wildman–Crippen LogP) is 5.56. The zero-order valence-electron chi connectivity index (χ0n) is 23.3. The number of alkyl halides is 4. The first-order chi connectivity index (χ1) is 21.0. The SMILES string of the molecule is Nc1nc2c(-c3c(C(F)(F)F)cc4c(N5CC[C@H](CO)C5)nc(OC[C@@]56CCCN5C[C@H](F)C6)nc4c3F)ccc(F)c2s1. The van der Waals surface area contributed by atoms with Crippen LogP contribution in [0.2, 0.25) is 0 Å². The number of aromatic nitrogens is 3. The molecule has 0 bridgehead atoms. The van der Waals surface area contributed by atoms with Crippen LogP contribution in [0.15, 0.2) is 18.2 Å². The third kappa shape index (κ3) is 4.79. The zero-order valence-corrected chi connectivity index (χ0v) is 24.1. The minimum absolute atomic E-state index is 0.0312. The number of nitrogens with two attached hydrogens (primary N) is 1. The van der Waals surface area contributed by atoms with E-state index < -0.39 is 46.2 Å². The Labute approximate surface area is 251 Å². The van der Waals surface area contributed by atoms with Gasteiger partial charge in [-0.1, -0.05) is 11.3 Å². The highest BCUT2D eigenvalue weighted by atomic mass is 32.1. The summed E-state index contributed by atoms with van der Waals surface area (Å²) in [5.74, 6) is -2.16. The summed E-state index contributed by atoms with van der Waals surface area (Å²) in [6.45, 7) is 1.55. The Morgan fingerprint density at radius 1 is 1.11 bits per heavy atom. The Morgan fingerprint density at radius 3 is 2.68 bits per heavy atom. The van der Waals surface area contributed by atoms with Crippen LogP contribution in [0.4, 0.5) is 37.3 Å². The van der Waals surface area contributed by atoms with Crippen LogP contribution >= 0.6 is 11.3 Å². The molecular weight excluding hydrogens is 610 g/mol. The highest BCUT2D eigenvalue weighted by molar-refractivity contribution is 7.22. The van der Waals surface area contributed by atoms with Gasteiger partial charge in [0.05, 0.1) is 21.3 Å². The van der Waals surface area contributed by atoms with Crippen molar-refractivity contribution in [2.75, 3.05) is 50.0 Å². The van der Waals surface area contributed by atoms with Crippen molar-refractivity contribution >= 4 is 43.4 Å². The molecule has 0 spiro atoms. The summed E-state index contributed by atoms with van der Waals surface area (Å²) in [5, 5.41) is 9.43. The van der Waals surface area contributed by atoms with E-state index >= 15 is 4.39 Å². The van der Waals surface area contributed by atoms with Gasteiger partial charge in [-0.3, -0.25) is 4.90 Å². The summed E-state index contributed by atoms with van der Waals surface area (Å²) >= 11 is 0.745. The first kappa shape index (κ1) is 29.3. The van der Waals surface area contributed by atoms with E-state index in [1.54, 1.807) is 4.90 Å². The molecule has 2 aromatic heterocycles. The Balaban J connectivity index is 1.42. The number of aliphatic hydroxyl groups is 1. The van der Waals surface area contributed by atoms with E-state index in [4.69, 9.17) is 10.5 Å². The van der Waals surface area contributed by atoms with Crippen LogP contribution in [-0.2, 0) is 6.18 Å². The lowest BCUT2D eigenvalue weighted by Crippen LogP contribution is -2.43. The van der Waals surface area contributed by atoms with Crippen molar-refractivity contribution in [3.63, 3.8) is 0 Å². The molecule has 0 aliphatic carbocycles. The Bertz CT molecular complexity index is 1770. The monoisotopic (exact) mass is 638 g/mol. The molecular formula is C29H28F6N6O2S. The molecule has 4 aromatic rings. The quantitative estimate of drug-likeness (QED) is 0.265. The molecule has 3 aliphatic rings. The van der Waals surface area contributed by atoms with Crippen molar-refractivity contribution in [2.24, 2.45) is 5.92 Å². The summed E-state index contributed by atoms with van der Waals surface area (Å²) in [7, 11) is 0. The lowest BCUT2D eigenvalue weighted by Gasteiger charge is -2.31. The van der Waals surface area contributed by atoms with Crippen molar-refractivity contribution in [1.29, 1.82) is 0 Å². The highest BCUT2D eigenvalue weighted by Gasteiger charge is 2.49. The molecule has 7 rings (SSSR count). The maximum atomic E-state index is 16.7. The molecule has 3 N–H and O–H groups in total. The minimum Gasteiger partial charge on any atom is -0.461 e. The Morgan fingerprint density at radius 2 is 1.93 bits per heavy atom. The van der Waals surface area contributed by atoms with Crippen LogP contribution in [0, 0.1) is 17.6 Å². The highest BCUT2D eigenvalue weighted by Crippen LogP contribution is 2.46. The number of aliphatic hydroxyl groups excluding tert-OH is 1. The first-order valence-electron chi connectivity index (χ1n) is 14.3. The molecule has 5 heterocycles.